The minimum absolute atomic E-state index is 0.0578. The smallest absolute Gasteiger partial charge is 0.259 e. The number of hydrogen-bond donors (Lipinski definition) is 1. The lowest BCUT2D eigenvalue weighted by Crippen LogP contribution is -2.39. The van der Waals surface area contributed by atoms with Crippen LogP contribution in [-0.4, -0.2) is 39.0 Å². The minimum atomic E-state index is 0.0578. The number of fused-ring (bicyclic) bond motifs is 1. The molecule has 136 valence electrons. The Kier molecular flexibility index (Phi) is 4.49. The first-order valence-electron chi connectivity index (χ1n) is 9.40. The van der Waals surface area contributed by atoms with Crippen LogP contribution in [0.4, 0.5) is 0 Å². The van der Waals surface area contributed by atoms with Gasteiger partial charge in [0.2, 0.25) is 0 Å². The molecule has 26 heavy (non-hydrogen) atoms. The molecule has 3 aromatic rings. The van der Waals surface area contributed by atoms with Gasteiger partial charge in [-0.05, 0) is 31.4 Å². The van der Waals surface area contributed by atoms with E-state index in [0.717, 1.165) is 42.5 Å². The number of nitrogens with one attached hydrogen (secondary N) is 1. The van der Waals surface area contributed by atoms with Crippen molar-refractivity contribution < 1.29 is 9.32 Å². The van der Waals surface area contributed by atoms with E-state index in [1.54, 1.807) is 6.20 Å². The van der Waals surface area contributed by atoms with Gasteiger partial charge in [-0.3, -0.25) is 9.78 Å². The number of aryl methyl sites for hydroxylation is 2. The van der Waals surface area contributed by atoms with E-state index in [-0.39, 0.29) is 5.91 Å². The van der Waals surface area contributed by atoms with Gasteiger partial charge in [-0.1, -0.05) is 19.0 Å². The standard InChI is InChI=1S/C20H24N4O2/c1-3-15-19(18(4-2)26-23-15)20(25)24-9-5-6-13(12-24)17-10-14-11-21-8-7-16(14)22-17/h7-8,10-11,13,22H,3-6,9,12H2,1-2H3. The van der Waals surface area contributed by atoms with Crippen LogP contribution in [0.25, 0.3) is 10.9 Å². The maximum absolute atomic E-state index is 13.2. The number of hydrogen-bond acceptors (Lipinski definition) is 4. The van der Waals surface area contributed by atoms with Gasteiger partial charge in [-0.2, -0.15) is 0 Å². The second kappa shape index (κ2) is 6.94. The van der Waals surface area contributed by atoms with E-state index in [1.165, 1.54) is 5.69 Å². The zero-order valence-electron chi connectivity index (χ0n) is 15.3. The second-order valence-electron chi connectivity index (χ2n) is 6.91. The highest BCUT2D eigenvalue weighted by molar-refractivity contribution is 5.96. The van der Waals surface area contributed by atoms with E-state index in [1.807, 2.05) is 31.0 Å². The molecule has 1 aliphatic rings. The maximum Gasteiger partial charge on any atom is 0.259 e. The molecule has 4 heterocycles. The fourth-order valence-corrected chi connectivity index (χ4v) is 3.88. The monoisotopic (exact) mass is 352 g/mol. The number of rotatable bonds is 4. The third-order valence-corrected chi connectivity index (χ3v) is 5.29. The van der Waals surface area contributed by atoms with Gasteiger partial charge < -0.3 is 14.4 Å². The van der Waals surface area contributed by atoms with Crippen LogP contribution in [0.3, 0.4) is 0 Å². The lowest BCUT2D eigenvalue weighted by molar-refractivity contribution is 0.0703. The molecule has 1 atom stereocenters. The van der Waals surface area contributed by atoms with Crippen LogP contribution in [0, 0.1) is 0 Å². The number of nitrogens with zero attached hydrogens (tertiary/aromatic N) is 3. The molecule has 1 amide bonds. The van der Waals surface area contributed by atoms with Crippen LogP contribution in [-0.2, 0) is 12.8 Å². The summed E-state index contributed by atoms with van der Waals surface area (Å²) in [7, 11) is 0. The van der Waals surface area contributed by atoms with E-state index in [9.17, 15) is 4.79 Å². The van der Waals surface area contributed by atoms with Crippen LogP contribution >= 0.6 is 0 Å². The largest absolute Gasteiger partial charge is 0.360 e. The average Bonchev–Trinajstić information content (AvgIpc) is 3.31. The molecule has 0 aliphatic carbocycles. The third kappa shape index (κ3) is 2.89. The fraction of sp³-hybridized carbons (Fsp3) is 0.450. The molecule has 1 saturated heterocycles. The highest BCUT2D eigenvalue weighted by atomic mass is 16.5. The van der Waals surface area contributed by atoms with Crippen molar-refractivity contribution >= 4 is 16.8 Å². The number of carbonyl (C=O) groups is 1. The van der Waals surface area contributed by atoms with Crippen LogP contribution in [0.1, 0.15) is 60.1 Å². The number of carbonyl (C=O) groups excluding carboxylic acids is 1. The zero-order chi connectivity index (χ0) is 18.1. The van der Waals surface area contributed by atoms with Crippen molar-refractivity contribution in [1.82, 2.24) is 20.0 Å². The predicted octanol–water partition coefficient (Wildman–Crippen LogP) is 3.70. The van der Waals surface area contributed by atoms with Gasteiger partial charge in [0.1, 0.15) is 11.3 Å². The Morgan fingerprint density at radius 2 is 2.27 bits per heavy atom. The van der Waals surface area contributed by atoms with E-state index in [0.29, 0.717) is 30.1 Å². The molecule has 1 unspecified atom stereocenters. The number of piperidine rings is 1. The quantitative estimate of drug-likeness (QED) is 0.777. The molecule has 3 aromatic heterocycles. The number of amides is 1. The molecular weight excluding hydrogens is 328 g/mol. The molecule has 4 rings (SSSR count). The van der Waals surface area contributed by atoms with Crippen LogP contribution in [0.2, 0.25) is 0 Å². The average molecular weight is 352 g/mol. The van der Waals surface area contributed by atoms with Crippen LogP contribution in [0.15, 0.2) is 29.0 Å². The van der Waals surface area contributed by atoms with Crippen LogP contribution in [0.5, 0.6) is 0 Å². The molecule has 0 radical (unpaired) electrons. The third-order valence-electron chi connectivity index (χ3n) is 5.29. The highest BCUT2D eigenvalue weighted by Crippen LogP contribution is 2.30. The first-order chi connectivity index (χ1) is 12.7. The normalized spacial score (nSPS) is 17.8. The van der Waals surface area contributed by atoms with Crippen molar-refractivity contribution in [3.63, 3.8) is 0 Å². The van der Waals surface area contributed by atoms with E-state index in [2.05, 4.69) is 21.2 Å². The summed E-state index contributed by atoms with van der Waals surface area (Å²) >= 11 is 0. The Morgan fingerprint density at radius 3 is 3.04 bits per heavy atom. The topological polar surface area (TPSA) is 75.0 Å². The van der Waals surface area contributed by atoms with Gasteiger partial charge in [0.25, 0.3) is 5.91 Å². The van der Waals surface area contributed by atoms with Gasteiger partial charge in [-0.25, -0.2) is 0 Å². The van der Waals surface area contributed by atoms with Crippen molar-refractivity contribution in [2.75, 3.05) is 13.1 Å². The first-order valence-corrected chi connectivity index (χ1v) is 9.40. The Bertz CT molecular complexity index is 872. The Hall–Kier alpha value is -2.63. The molecular formula is C20H24N4O2. The van der Waals surface area contributed by atoms with Crippen molar-refractivity contribution in [2.45, 2.75) is 45.4 Å². The zero-order valence-corrected chi connectivity index (χ0v) is 15.3. The highest BCUT2D eigenvalue weighted by Gasteiger charge is 2.30. The Morgan fingerprint density at radius 1 is 1.38 bits per heavy atom. The van der Waals surface area contributed by atoms with Gasteiger partial charge >= 0.3 is 0 Å². The molecule has 6 nitrogen and oxygen atoms in total. The van der Waals surface area contributed by atoms with Crippen LogP contribution < -0.4 is 0 Å². The summed E-state index contributed by atoms with van der Waals surface area (Å²) < 4.78 is 5.39. The summed E-state index contributed by atoms with van der Waals surface area (Å²) in [5.74, 6) is 1.07. The number of aromatic nitrogens is 3. The number of likely N-dealkylation sites (tertiary alicyclic amines) is 1. The Balaban J connectivity index is 1.58. The second-order valence-corrected chi connectivity index (χ2v) is 6.91. The number of aromatic amines is 1. The first kappa shape index (κ1) is 16.8. The molecule has 1 aliphatic heterocycles. The van der Waals surface area contributed by atoms with Gasteiger partial charge in [0.15, 0.2) is 0 Å². The summed E-state index contributed by atoms with van der Waals surface area (Å²) in [6, 6.07) is 4.15. The van der Waals surface area contributed by atoms with E-state index in [4.69, 9.17) is 4.52 Å². The summed E-state index contributed by atoms with van der Waals surface area (Å²) in [6.45, 7) is 5.50. The lowest BCUT2D eigenvalue weighted by Gasteiger charge is -2.32. The summed E-state index contributed by atoms with van der Waals surface area (Å²) in [4.78, 5) is 22.8. The van der Waals surface area contributed by atoms with E-state index < -0.39 is 0 Å². The van der Waals surface area contributed by atoms with Crippen molar-refractivity contribution in [1.29, 1.82) is 0 Å². The van der Waals surface area contributed by atoms with Gasteiger partial charge in [-0.15, -0.1) is 0 Å². The fourth-order valence-electron chi connectivity index (χ4n) is 3.88. The molecule has 1 N–H and O–H groups in total. The van der Waals surface area contributed by atoms with Crippen molar-refractivity contribution in [2.24, 2.45) is 0 Å². The SMILES string of the molecule is CCc1noc(CC)c1C(=O)N1CCCC(c2cc3cnccc3[nH]2)C1. The molecule has 0 bridgehead atoms. The summed E-state index contributed by atoms with van der Waals surface area (Å²) in [5, 5.41) is 5.21. The molecule has 6 heteroatoms. The number of pyridine rings is 1. The maximum atomic E-state index is 13.2. The molecule has 1 fully saturated rings. The predicted molar refractivity (Wildman–Crippen MR) is 99.2 cm³/mol. The summed E-state index contributed by atoms with van der Waals surface area (Å²) in [6.07, 6.45) is 7.13. The van der Waals surface area contributed by atoms with Gasteiger partial charge in [0, 0.05) is 54.4 Å². The van der Waals surface area contributed by atoms with Gasteiger partial charge in [0.05, 0.1) is 5.69 Å². The lowest BCUT2D eigenvalue weighted by atomic mass is 9.94. The molecule has 0 spiro atoms. The molecule has 0 saturated carbocycles. The van der Waals surface area contributed by atoms with Crippen molar-refractivity contribution in [3.05, 3.63) is 47.2 Å². The van der Waals surface area contributed by atoms with E-state index >= 15 is 0 Å². The molecule has 0 aromatic carbocycles. The van der Waals surface area contributed by atoms with Crippen molar-refractivity contribution in [3.8, 4) is 0 Å². The number of H-pyrrole nitrogens is 1. The summed E-state index contributed by atoms with van der Waals surface area (Å²) in [5.41, 5.74) is 3.73. The Labute approximate surface area is 152 Å². The minimum Gasteiger partial charge on any atom is -0.360 e.